The van der Waals surface area contributed by atoms with Gasteiger partial charge in [-0.2, -0.15) is 0 Å². The molecule has 1 heterocycles. The van der Waals surface area contributed by atoms with Gasteiger partial charge in [-0.15, -0.1) is 11.3 Å². The van der Waals surface area contributed by atoms with E-state index in [1.54, 1.807) is 11.3 Å². The Kier molecular flexibility index (Phi) is 3.69. The fourth-order valence-corrected chi connectivity index (χ4v) is 2.64. The van der Waals surface area contributed by atoms with E-state index in [0.717, 1.165) is 29.2 Å². The first-order valence-electron chi connectivity index (χ1n) is 6.76. The minimum absolute atomic E-state index is 0.0150. The minimum atomic E-state index is 0.0150. The summed E-state index contributed by atoms with van der Waals surface area (Å²) < 4.78 is 0. The summed E-state index contributed by atoms with van der Waals surface area (Å²) in [6, 6.07) is 7.98. The summed E-state index contributed by atoms with van der Waals surface area (Å²) in [6.45, 7) is 2.68. The molecule has 0 radical (unpaired) electrons. The van der Waals surface area contributed by atoms with Crippen molar-refractivity contribution in [1.82, 2.24) is 10.3 Å². The zero-order chi connectivity index (χ0) is 13.9. The van der Waals surface area contributed by atoms with Crippen LogP contribution in [0.25, 0.3) is 0 Å². The van der Waals surface area contributed by atoms with E-state index in [9.17, 15) is 4.79 Å². The smallest absolute Gasteiger partial charge is 0.251 e. The van der Waals surface area contributed by atoms with Crippen LogP contribution in [0.1, 0.15) is 33.9 Å². The molecule has 2 aromatic rings. The van der Waals surface area contributed by atoms with Gasteiger partial charge >= 0.3 is 0 Å². The molecule has 0 saturated heterocycles. The van der Waals surface area contributed by atoms with Gasteiger partial charge in [-0.3, -0.25) is 4.79 Å². The predicted molar refractivity (Wildman–Crippen MR) is 81.1 cm³/mol. The lowest BCUT2D eigenvalue weighted by molar-refractivity contribution is 0.0951. The highest BCUT2D eigenvalue weighted by molar-refractivity contribution is 7.09. The molecule has 104 valence electrons. The molecule has 2 N–H and O–H groups in total. The van der Waals surface area contributed by atoms with Crippen molar-refractivity contribution >= 4 is 22.9 Å². The van der Waals surface area contributed by atoms with Crippen molar-refractivity contribution in [2.75, 3.05) is 5.32 Å². The second-order valence-electron chi connectivity index (χ2n) is 5.06. The van der Waals surface area contributed by atoms with Gasteiger partial charge in [0.1, 0.15) is 5.01 Å². The number of aromatic nitrogens is 1. The van der Waals surface area contributed by atoms with Crippen molar-refractivity contribution in [3.05, 3.63) is 45.9 Å². The van der Waals surface area contributed by atoms with Crippen molar-refractivity contribution in [2.24, 2.45) is 0 Å². The number of amides is 1. The maximum Gasteiger partial charge on any atom is 0.251 e. The SMILES string of the molecule is Cc1csc(CNc2cccc(C(=O)NC3CC3)c2)n1. The first-order valence-corrected chi connectivity index (χ1v) is 7.64. The van der Waals surface area contributed by atoms with Crippen LogP contribution in [0.2, 0.25) is 0 Å². The maximum atomic E-state index is 12.0. The molecule has 1 aromatic carbocycles. The zero-order valence-corrected chi connectivity index (χ0v) is 12.2. The molecule has 1 saturated carbocycles. The molecular weight excluding hydrogens is 270 g/mol. The maximum absolute atomic E-state index is 12.0. The Morgan fingerprint density at radius 1 is 1.45 bits per heavy atom. The monoisotopic (exact) mass is 287 g/mol. The van der Waals surface area contributed by atoms with E-state index in [0.29, 0.717) is 18.2 Å². The Balaban J connectivity index is 1.62. The number of nitrogens with zero attached hydrogens (tertiary/aromatic N) is 1. The van der Waals surface area contributed by atoms with Gasteiger partial charge in [-0.25, -0.2) is 4.98 Å². The summed E-state index contributed by atoms with van der Waals surface area (Å²) in [5, 5.41) is 9.39. The molecule has 20 heavy (non-hydrogen) atoms. The van der Waals surface area contributed by atoms with Crippen LogP contribution in [-0.2, 0) is 6.54 Å². The van der Waals surface area contributed by atoms with Crippen molar-refractivity contribution in [1.29, 1.82) is 0 Å². The standard InChI is InChI=1S/C15H17N3OS/c1-10-9-20-14(17-10)8-16-13-4-2-3-11(7-13)15(19)18-12-5-6-12/h2-4,7,9,12,16H,5-6,8H2,1H3,(H,18,19). The van der Waals surface area contributed by atoms with Crippen LogP contribution < -0.4 is 10.6 Å². The van der Waals surface area contributed by atoms with Crippen molar-refractivity contribution in [3.63, 3.8) is 0 Å². The van der Waals surface area contributed by atoms with Gasteiger partial charge in [-0.1, -0.05) is 6.07 Å². The van der Waals surface area contributed by atoms with Gasteiger partial charge in [0, 0.05) is 28.4 Å². The van der Waals surface area contributed by atoms with Crippen molar-refractivity contribution in [2.45, 2.75) is 32.4 Å². The fourth-order valence-electron chi connectivity index (χ4n) is 1.93. The van der Waals surface area contributed by atoms with Gasteiger partial charge in [0.2, 0.25) is 0 Å². The molecule has 5 heteroatoms. The molecule has 0 atom stereocenters. The molecule has 1 aliphatic rings. The number of hydrogen-bond donors (Lipinski definition) is 2. The molecule has 1 aromatic heterocycles. The summed E-state index contributed by atoms with van der Waals surface area (Å²) >= 11 is 1.64. The topological polar surface area (TPSA) is 54.0 Å². The number of anilines is 1. The Morgan fingerprint density at radius 3 is 3.00 bits per heavy atom. The average Bonchev–Trinajstić information content (AvgIpc) is 3.17. The van der Waals surface area contributed by atoms with Crippen LogP contribution in [-0.4, -0.2) is 16.9 Å². The van der Waals surface area contributed by atoms with Crippen LogP contribution in [0.4, 0.5) is 5.69 Å². The van der Waals surface area contributed by atoms with Gasteiger partial charge < -0.3 is 10.6 Å². The van der Waals surface area contributed by atoms with Crippen molar-refractivity contribution in [3.8, 4) is 0 Å². The molecule has 4 nitrogen and oxygen atoms in total. The number of thiazole rings is 1. The Labute approximate surface area is 122 Å². The third kappa shape index (κ3) is 3.36. The molecule has 1 aliphatic carbocycles. The van der Waals surface area contributed by atoms with Crippen LogP contribution in [0.15, 0.2) is 29.6 Å². The summed E-state index contributed by atoms with van der Waals surface area (Å²) in [5.41, 5.74) is 2.70. The molecule has 0 aliphatic heterocycles. The van der Waals surface area contributed by atoms with Gasteiger partial charge in [0.15, 0.2) is 0 Å². The molecule has 0 spiro atoms. The lowest BCUT2D eigenvalue weighted by atomic mass is 10.2. The number of aryl methyl sites for hydroxylation is 1. The van der Waals surface area contributed by atoms with Gasteiger partial charge in [0.05, 0.1) is 6.54 Å². The second kappa shape index (κ2) is 5.63. The Bertz CT molecular complexity index is 619. The average molecular weight is 287 g/mol. The second-order valence-corrected chi connectivity index (χ2v) is 6.01. The van der Waals surface area contributed by atoms with Crippen LogP contribution >= 0.6 is 11.3 Å². The largest absolute Gasteiger partial charge is 0.379 e. The number of benzene rings is 1. The lowest BCUT2D eigenvalue weighted by Gasteiger charge is -2.07. The highest BCUT2D eigenvalue weighted by Gasteiger charge is 2.23. The number of carbonyl (C=O) groups excluding carboxylic acids is 1. The van der Waals surface area contributed by atoms with Gasteiger partial charge in [0.25, 0.3) is 5.91 Å². The van der Waals surface area contributed by atoms with E-state index >= 15 is 0 Å². The highest BCUT2D eigenvalue weighted by Crippen LogP contribution is 2.20. The third-order valence-electron chi connectivity index (χ3n) is 3.15. The third-order valence-corrected chi connectivity index (χ3v) is 4.11. The van der Waals surface area contributed by atoms with Crippen LogP contribution in [0.5, 0.6) is 0 Å². The van der Waals surface area contributed by atoms with E-state index in [2.05, 4.69) is 15.6 Å². The van der Waals surface area contributed by atoms with E-state index in [1.165, 1.54) is 0 Å². The number of nitrogens with one attached hydrogen (secondary N) is 2. The highest BCUT2D eigenvalue weighted by atomic mass is 32.1. The normalized spacial score (nSPS) is 14.1. The summed E-state index contributed by atoms with van der Waals surface area (Å²) in [6.07, 6.45) is 2.21. The molecule has 1 fully saturated rings. The molecule has 1 amide bonds. The lowest BCUT2D eigenvalue weighted by Crippen LogP contribution is -2.25. The van der Waals surface area contributed by atoms with Crippen LogP contribution in [0, 0.1) is 6.92 Å². The summed E-state index contributed by atoms with van der Waals surface area (Å²) in [4.78, 5) is 16.4. The van der Waals surface area contributed by atoms with Crippen molar-refractivity contribution < 1.29 is 4.79 Å². The van der Waals surface area contributed by atoms with E-state index in [1.807, 2.05) is 36.6 Å². The first kappa shape index (κ1) is 13.1. The minimum Gasteiger partial charge on any atom is -0.379 e. The Hall–Kier alpha value is -1.88. The fraction of sp³-hybridized carbons (Fsp3) is 0.333. The van der Waals surface area contributed by atoms with E-state index < -0.39 is 0 Å². The Morgan fingerprint density at radius 2 is 2.30 bits per heavy atom. The molecular formula is C15H17N3OS. The van der Waals surface area contributed by atoms with E-state index in [-0.39, 0.29) is 5.91 Å². The van der Waals surface area contributed by atoms with Gasteiger partial charge in [-0.05, 0) is 38.0 Å². The van der Waals surface area contributed by atoms with Crippen LogP contribution in [0.3, 0.4) is 0 Å². The quantitative estimate of drug-likeness (QED) is 0.889. The predicted octanol–water partition coefficient (Wildman–Crippen LogP) is 2.96. The molecule has 0 unspecified atom stereocenters. The molecule has 0 bridgehead atoms. The first-order chi connectivity index (χ1) is 9.70. The number of rotatable bonds is 5. The molecule has 3 rings (SSSR count). The zero-order valence-electron chi connectivity index (χ0n) is 11.3. The number of hydrogen-bond acceptors (Lipinski definition) is 4. The summed E-state index contributed by atoms with van der Waals surface area (Å²) in [5.74, 6) is 0.0150. The summed E-state index contributed by atoms with van der Waals surface area (Å²) in [7, 11) is 0. The van der Waals surface area contributed by atoms with E-state index in [4.69, 9.17) is 0 Å². The number of carbonyl (C=O) groups is 1.